The van der Waals surface area contributed by atoms with E-state index in [1.54, 1.807) is 12.1 Å². The summed E-state index contributed by atoms with van der Waals surface area (Å²) in [6.07, 6.45) is -0.307. The molecule has 0 aliphatic rings. The number of likely N-dealkylation sites (N-methyl/N-ethyl adjacent to an activating group) is 1. The normalized spacial score (nSPS) is 12.2. The van der Waals surface area contributed by atoms with Crippen molar-refractivity contribution in [3.63, 3.8) is 0 Å². The van der Waals surface area contributed by atoms with Crippen LogP contribution in [0.1, 0.15) is 5.56 Å². The number of fused-ring (bicyclic) bond motifs is 1. The highest BCUT2D eigenvalue weighted by Crippen LogP contribution is 2.26. The second-order valence-corrected chi connectivity index (χ2v) is 11.1. The maximum absolute atomic E-state index is 13.8. The van der Waals surface area contributed by atoms with Crippen molar-refractivity contribution in [2.75, 3.05) is 11.9 Å². The molecule has 0 spiro atoms. The van der Waals surface area contributed by atoms with Crippen molar-refractivity contribution in [2.24, 2.45) is 0 Å². The number of thiophene rings is 1. The summed E-state index contributed by atoms with van der Waals surface area (Å²) in [6, 6.07) is 12.9. The summed E-state index contributed by atoms with van der Waals surface area (Å²) < 4.78 is 55.8. The highest BCUT2D eigenvalue weighted by Gasteiger charge is 2.28. The second kappa shape index (κ2) is 10.8. The Morgan fingerprint density at radius 2 is 1.73 bits per heavy atom. The number of halogens is 3. The molecule has 3 amide bonds. The topological polar surface area (TPSA) is 95.6 Å². The molecule has 0 saturated heterocycles. The van der Waals surface area contributed by atoms with Crippen LogP contribution in [0.15, 0.2) is 77.0 Å². The standard InChI is InChI=1S/C25H20ClF2N3O4S2/c1-31(19-6-7-22-16(13-19)8-9-36-22)24(32)21(12-15-10-17(27)14-18(28)11-15)29-25(33)30-37(34,35)23-5-3-2-4-20(23)26/h2-11,13-14,21H,12H2,1H3,(H2,29,30,33)/t21-/m0/s1. The second-order valence-electron chi connectivity index (χ2n) is 8.08. The van der Waals surface area contributed by atoms with Crippen molar-refractivity contribution in [3.8, 4) is 0 Å². The zero-order valence-corrected chi connectivity index (χ0v) is 21.6. The van der Waals surface area contributed by atoms with Crippen LogP contribution in [0.4, 0.5) is 19.3 Å². The van der Waals surface area contributed by atoms with Crippen molar-refractivity contribution >= 4 is 60.7 Å². The fourth-order valence-corrected chi connectivity index (χ4v) is 5.92. The number of sulfonamides is 1. The molecule has 12 heteroatoms. The van der Waals surface area contributed by atoms with Gasteiger partial charge in [-0.3, -0.25) is 4.79 Å². The van der Waals surface area contributed by atoms with E-state index in [1.807, 2.05) is 22.2 Å². The molecule has 0 fully saturated rings. The molecule has 2 N–H and O–H groups in total. The smallest absolute Gasteiger partial charge is 0.325 e. The van der Waals surface area contributed by atoms with Gasteiger partial charge in [0.2, 0.25) is 5.91 Å². The third-order valence-electron chi connectivity index (χ3n) is 5.47. The first-order valence-corrected chi connectivity index (χ1v) is 13.6. The maximum atomic E-state index is 13.8. The minimum atomic E-state index is -4.38. The number of nitrogens with zero attached hydrogens (tertiary/aromatic N) is 1. The molecule has 4 rings (SSSR count). The first kappa shape index (κ1) is 26.5. The number of carbonyl (C=O) groups excluding carboxylic acids is 2. The fraction of sp³-hybridized carbons (Fsp3) is 0.120. The molecule has 1 heterocycles. The molecule has 0 saturated carbocycles. The molecule has 1 aromatic heterocycles. The number of hydrogen-bond acceptors (Lipinski definition) is 5. The van der Waals surface area contributed by atoms with Crippen molar-refractivity contribution in [1.82, 2.24) is 10.0 Å². The molecule has 37 heavy (non-hydrogen) atoms. The van der Waals surface area contributed by atoms with Crippen LogP contribution in [0.3, 0.4) is 0 Å². The quantitative estimate of drug-likeness (QED) is 0.327. The van der Waals surface area contributed by atoms with Crippen LogP contribution in [-0.2, 0) is 21.2 Å². The van der Waals surface area contributed by atoms with Crippen molar-refractivity contribution in [1.29, 1.82) is 0 Å². The van der Waals surface area contributed by atoms with Crippen LogP contribution in [0.2, 0.25) is 5.02 Å². The van der Waals surface area contributed by atoms with E-state index in [2.05, 4.69) is 5.32 Å². The summed E-state index contributed by atoms with van der Waals surface area (Å²) in [5.74, 6) is -2.35. The summed E-state index contributed by atoms with van der Waals surface area (Å²) in [6.45, 7) is 0. The first-order chi connectivity index (χ1) is 17.5. The SMILES string of the molecule is CN(C(=O)[C@H](Cc1cc(F)cc(F)c1)NC(=O)NS(=O)(=O)c1ccccc1Cl)c1ccc2sccc2c1. The molecule has 1 atom stereocenters. The van der Waals surface area contributed by atoms with Crippen molar-refractivity contribution < 1.29 is 26.8 Å². The van der Waals surface area contributed by atoms with Gasteiger partial charge in [0.25, 0.3) is 10.0 Å². The highest BCUT2D eigenvalue weighted by atomic mass is 35.5. The molecule has 0 bridgehead atoms. The van der Waals surface area contributed by atoms with Gasteiger partial charge >= 0.3 is 6.03 Å². The van der Waals surface area contributed by atoms with Gasteiger partial charge in [-0.25, -0.2) is 26.7 Å². The van der Waals surface area contributed by atoms with Gasteiger partial charge < -0.3 is 10.2 Å². The minimum absolute atomic E-state index is 0.0896. The van der Waals surface area contributed by atoms with Crippen LogP contribution in [0.25, 0.3) is 10.1 Å². The number of urea groups is 1. The average molecular weight is 564 g/mol. The van der Waals surface area contributed by atoms with Crippen LogP contribution in [-0.4, -0.2) is 33.4 Å². The molecule has 0 radical (unpaired) electrons. The minimum Gasteiger partial charge on any atom is -0.325 e. The van der Waals surface area contributed by atoms with Gasteiger partial charge in [-0.1, -0.05) is 23.7 Å². The number of hydrogen-bond donors (Lipinski definition) is 2. The number of benzene rings is 3. The lowest BCUT2D eigenvalue weighted by Crippen LogP contribution is -2.52. The summed E-state index contributed by atoms with van der Waals surface area (Å²) in [5, 5.41) is 5.03. The zero-order valence-electron chi connectivity index (χ0n) is 19.2. The van der Waals surface area contributed by atoms with Crippen LogP contribution < -0.4 is 14.9 Å². The zero-order chi connectivity index (χ0) is 26.7. The Balaban J connectivity index is 1.60. The fourth-order valence-electron chi connectivity index (χ4n) is 3.72. The Kier molecular flexibility index (Phi) is 7.76. The Morgan fingerprint density at radius 1 is 1.03 bits per heavy atom. The van der Waals surface area contributed by atoms with Crippen LogP contribution in [0, 0.1) is 11.6 Å². The molecule has 192 valence electrons. The van der Waals surface area contributed by atoms with E-state index in [-0.39, 0.29) is 21.9 Å². The Hall–Kier alpha value is -3.54. The summed E-state index contributed by atoms with van der Waals surface area (Å²) >= 11 is 7.48. The number of nitrogens with one attached hydrogen (secondary N) is 2. The van der Waals surface area contributed by atoms with Crippen molar-refractivity contribution in [2.45, 2.75) is 17.4 Å². The van der Waals surface area contributed by atoms with E-state index in [4.69, 9.17) is 11.6 Å². The molecule has 0 aliphatic carbocycles. The number of rotatable bonds is 7. The number of amides is 3. The Labute approximate surface area is 220 Å². The Morgan fingerprint density at radius 3 is 2.43 bits per heavy atom. The monoisotopic (exact) mass is 563 g/mol. The lowest BCUT2D eigenvalue weighted by molar-refractivity contribution is -0.120. The average Bonchev–Trinajstić information content (AvgIpc) is 3.30. The van der Waals surface area contributed by atoms with E-state index in [0.29, 0.717) is 11.8 Å². The van der Waals surface area contributed by atoms with Crippen LogP contribution >= 0.6 is 22.9 Å². The van der Waals surface area contributed by atoms with Gasteiger partial charge in [0.1, 0.15) is 22.6 Å². The summed E-state index contributed by atoms with van der Waals surface area (Å²) in [4.78, 5) is 27.1. The van der Waals surface area contributed by atoms with Crippen molar-refractivity contribution in [3.05, 3.63) is 94.3 Å². The lowest BCUT2D eigenvalue weighted by Gasteiger charge is -2.25. The maximum Gasteiger partial charge on any atom is 0.329 e. The molecule has 7 nitrogen and oxygen atoms in total. The van der Waals surface area contributed by atoms with E-state index < -0.39 is 39.6 Å². The lowest BCUT2D eigenvalue weighted by atomic mass is 10.0. The van der Waals surface area contributed by atoms with Gasteiger partial charge in [0.05, 0.1) is 5.02 Å². The molecule has 3 aromatic carbocycles. The van der Waals surface area contributed by atoms with Gasteiger partial charge in [-0.15, -0.1) is 11.3 Å². The molecule has 0 unspecified atom stereocenters. The number of anilines is 1. The van der Waals surface area contributed by atoms with Gasteiger partial charge in [0, 0.05) is 29.9 Å². The Bertz CT molecular complexity index is 1570. The van der Waals surface area contributed by atoms with Gasteiger partial charge in [-0.05, 0) is 64.9 Å². The molecule has 0 aliphatic heterocycles. The van der Waals surface area contributed by atoms with E-state index in [9.17, 15) is 26.8 Å². The number of carbonyl (C=O) groups is 2. The van der Waals surface area contributed by atoms with E-state index in [1.165, 1.54) is 47.5 Å². The predicted octanol–water partition coefficient (Wildman–Crippen LogP) is 5.10. The van der Waals surface area contributed by atoms with E-state index >= 15 is 0 Å². The summed E-state index contributed by atoms with van der Waals surface area (Å²) in [7, 11) is -2.89. The predicted molar refractivity (Wildman–Crippen MR) is 139 cm³/mol. The third kappa shape index (κ3) is 6.24. The van der Waals surface area contributed by atoms with Crippen LogP contribution in [0.5, 0.6) is 0 Å². The van der Waals surface area contributed by atoms with Gasteiger partial charge in [-0.2, -0.15) is 0 Å². The molecular weight excluding hydrogens is 544 g/mol. The molecule has 4 aromatic rings. The van der Waals surface area contributed by atoms with Gasteiger partial charge in [0.15, 0.2) is 0 Å². The largest absolute Gasteiger partial charge is 0.329 e. The first-order valence-electron chi connectivity index (χ1n) is 10.8. The molecular formula is C25H20ClF2N3O4S2. The third-order valence-corrected chi connectivity index (χ3v) is 8.20. The highest BCUT2D eigenvalue weighted by molar-refractivity contribution is 7.90. The summed E-state index contributed by atoms with van der Waals surface area (Å²) in [5.41, 5.74) is 0.601. The van der Waals surface area contributed by atoms with E-state index in [0.717, 1.165) is 22.2 Å².